The Morgan fingerprint density at radius 3 is 2.16 bits per heavy atom. The quantitative estimate of drug-likeness (QED) is 0.404. The number of ketones is 2. The van der Waals surface area contributed by atoms with Crippen LogP contribution in [0.2, 0.25) is 0 Å². The molecule has 38 heavy (non-hydrogen) atoms. The molecule has 5 aliphatic carbocycles. The van der Waals surface area contributed by atoms with Crippen LogP contribution in [0.5, 0.6) is 0 Å². The molecule has 4 saturated carbocycles. The van der Waals surface area contributed by atoms with Gasteiger partial charge in [-0.2, -0.15) is 0 Å². The lowest BCUT2D eigenvalue weighted by atomic mass is 9.33. The van der Waals surface area contributed by atoms with E-state index in [0.29, 0.717) is 36.4 Å². The molecular formula is C35H56O3. The standard InChI is InChI=1S/C35H56O3/c1-21(2)28-23(36)19-35(27(38)20-30(3,4)5)18-17-33(9)22(29(28)35)11-12-25-32(8)15-14-26(37)31(6,7)24(32)13-16-34(25,33)10/h21-22,24-26,37H,11-20H2,1-10H3/t22-,24+,25-,26+,32+,33-,34-,35+/m1/s1. The van der Waals surface area contributed by atoms with E-state index < -0.39 is 5.41 Å². The van der Waals surface area contributed by atoms with Gasteiger partial charge in [-0.05, 0) is 113 Å². The average molecular weight is 525 g/mol. The van der Waals surface area contributed by atoms with E-state index in [2.05, 4.69) is 69.2 Å². The van der Waals surface area contributed by atoms with Crippen molar-refractivity contribution in [2.45, 2.75) is 140 Å². The van der Waals surface area contributed by atoms with Crippen LogP contribution in [-0.2, 0) is 9.59 Å². The number of hydrogen-bond donors (Lipinski definition) is 1. The third kappa shape index (κ3) is 3.61. The Morgan fingerprint density at radius 2 is 1.55 bits per heavy atom. The molecule has 3 nitrogen and oxygen atoms in total. The van der Waals surface area contributed by atoms with E-state index in [-0.39, 0.29) is 44.9 Å². The Balaban J connectivity index is 1.60. The van der Waals surface area contributed by atoms with E-state index in [1.807, 2.05) is 0 Å². The smallest absolute Gasteiger partial charge is 0.160 e. The van der Waals surface area contributed by atoms with Gasteiger partial charge in [0.05, 0.1) is 11.5 Å². The fourth-order valence-corrected chi connectivity index (χ4v) is 11.6. The summed E-state index contributed by atoms with van der Waals surface area (Å²) in [5.74, 6) is 2.26. The van der Waals surface area contributed by atoms with Crippen LogP contribution in [0.1, 0.15) is 133 Å². The van der Waals surface area contributed by atoms with Crippen LogP contribution in [-0.4, -0.2) is 22.8 Å². The number of hydrogen-bond acceptors (Lipinski definition) is 3. The summed E-state index contributed by atoms with van der Waals surface area (Å²) >= 11 is 0. The molecule has 0 aliphatic heterocycles. The first-order valence-corrected chi connectivity index (χ1v) is 15.8. The van der Waals surface area contributed by atoms with Crippen molar-refractivity contribution in [3.05, 3.63) is 11.1 Å². The Hall–Kier alpha value is -0.960. The molecule has 0 aromatic rings. The monoisotopic (exact) mass is 524 g/mol. The summed E-state index contributed by atoms with van der Waals surface area (Å²) < 4.78 is 0. The predicted octanol–water partition coefficient (Wildman–Crippen LogP) is 8.33. The molecule has 0 amide bonds. The highest BCUT2D eigenvalue weighted by molar-refractivity contribution is 6.07. The first-order chi connectivity index (χ1) is 17.4. The average Bonchev–Trinajstić information content (AvgIpc) is 3.09. The number of aliphatic hydroxyl groups excluding tert-OH is 1. The van der Waals surface area contributed by atoms with Gasteiger partial charge in [0.25, 0.3) is 0 Å². The highest BCUT2D eigenvalue weighted by Crippen LogP contribution is 2.76. The van der Waals surface area contributed by atoms with Gasteiger partial charge in [-0.3, -0.25) is 9.59 Å². The van der Waals surface area contributed by atoms with Crippen LogP contribution >= 0.6 is 0 Å². The van der Waals surface area contributed by atoms with E-state index >= 15 is 0 Å². The van der Waals surface area contributed by atoms with Crippen molar-refractivity contribution >= 4 is 11.6 Å². The number of fused-ring (bicyclic) bond motifs is 7. The van der Waals surface area contributed by atoms with Crippen LogP contribution in [0, 0.1) is 56.2 Å². The molecule has 4 fully saturated rings. The summed E-state index contributed by atoms with van der Waals surface area (Å²) in [6.45, 7) is 23.2. The molecule has 0 aromatic heterocycles. The van der Waals surface area contributed by atoms with Crippen molar-refractivity contribution in [3.63, 3.8) is 0 Å². The van der Waals surface area contributed by atoms with E-state index in [1.165, 1.54) is 24.8 Å². The highest BCUT2D eigenvalue weighted by Gasteiger charge is 2.70. The van der Waals surface area contributed by atoms with Gasteiger partial charge in [0.15, 0.2) is 5.78 Å². The van der Waals surface area contributed by atoms with Gasteiger partial charge in [0, 0.05) is 12.8 Å². The molecule has 8 atom stereocenters. The third-order valence-electron chi connectivity index (χ3n) is 13.6. The highest BCUT2D eigenvalue weighted by atomic mass is 16.3. The van der Waals surface area contributed by atoms with Crippen molar-refractivity contribution in [3.8, 4) is 0 Å². The fraction of sp³-hybridized carbons (Fsp3) is 0.886. The maximum absolute atomic E-state index is 14.2. The normalized spacial score (nSPS) is 46.4. The topological polar surface area (TPSA) is 54.4 Å². The SMILES string of the molecule is CC(C)C1=C2[C@H]3CC[C@@H]4[C@@]5(C)CC[C@H](O)C(C)(C)[C@@H]5CC[C@@]4(C)[C@]3(C)CC[C@@]2(C(=O)CC(C)(C)C)CC1=O. The Bertz CT molecular complexity index is 1060. The summed E-state index contributed by atoms with van der Waals surface area (Å²) in [5, 5.41) is 11.0. The number of Topliss-reactive ketones (excluding diaryl/α,β-unsaturated/α-hetero) is 2. The maximum Gasteiger partial charge on any atom is 0.160 e. The van der Waals surface area contributed by atoms with Crippen LogP contribution in [0.4, 0.5) is 0 Å². The molecule has 0 unspecified atom stereocenters. The largest absolute Gasteiger partial charge is 0.393 e. The van der Waals surface area contributed by atoms with Gasteiger partial charge < -0.3 is 5.11 Å². The minimum absolute atomic E-state index is 0.0433. The molecular weight excluding hydrogens is 468 g/mol. The minimum atomic E-state index is -0.560. The van der Waals surface area contributed by atoms with Crippen molar-refractivity contribution < 1.29 is 14.7 Å². The zero-order valence-corrected chi connectivity index (χ0v) is 26.2. The van der Waals surface area contributed by atoms with E-state index in [1.54, 1.807) is 0 Å². The molecule has 5 aliphatic rings. The lowest BCUT2D eigenvalue weighted by molar-refractivity contribution is -0.228. The zero-order valence-electron chi connectivity index (χ0n) is 26.2. The molecule has 0 saturated heterocycles. The van der Waals surface area contributed by atoms with Crippen LogP contribution in [0.3, 0.4) is 0 Å². The Morgan fingerprint density at radius 1 is 0.895 bits per heavy atom. The number of carbonyl (C=O) groups is 2. The van der Waals surface area contributed by atoms with Gasteiger partial charge in [-0.1, -0.05) is 69.2 Å². The van der Waals surface area contributed by atoms with Gasteiger partial charge in [-0.25, -0.2) is 0 Å². The van der Waals surface area contributed by atoms with Crippen LogP contribution in [0.25, 0.3) is 0 Å². The predicted molar refractivity (Wildman–Crippen MR) is 155 cm³/mol. The summed E-state index contributed by atoms with van der Waals surface area (Å²) in [7, 11) is 0. The summed E-state index contributed by atoms with van der Waals surface area (Å²) in [5.41, 5.74) is 2.15. The molecule has 0 heterocycles. The number of carbonyl (C=O) groups excluding carboxylic acids is 2. The molecule has 5 rings (SSSR count). The van der Waals surface area contributed by atoms with E-state index in [9.17, 15) is 14.7 Å². The lowest BCUT2D eigenvalue weighted by Crippen LogP contribution is -2.65. The minimum Gasteiger partial charge on any atom is -0.393 e. The van der Waals surface area contributed by atoms with Crippen molar-refractivity contribution in [2.24, 2.45) is 56.2 Å². The number of rotatable bonds is 3. The van der Waals surface area contributed by atoms with Gasteiger partial charge in [-0.15, -0.1) is 0 Å². The first kappa shape index (κ1) is 28.6. The van der Waals surface area contributed by atoms with Crippen LogP contribution < -0.4 is 0 Å². The second kappa shape index (κ2) is 8.53. The fourth-order valence-electron chi connectivity index (χ4n) is 11.6. The second-order valence-electron chi connectivity index (χ2n) is 17.3. The molecule has 0 radical (unpaired) electrons. The van der Waals surface area contributed by atoms with Gasteiger partial charge in [0.2, 0.25) is 0 Å². The van der Waals surface area contributed by atoms with Gasteiger partial charge in [0.1, 0.15) is 5.78 Å². The Kier molecular flexibility index (Phi) is 6.41. The number of aliphatic hydroxyl groups is 1. The van der Waals surface area contributed by atoms with Crippen molar-refractivity contribution in [1.29, 1.82) is 0 Å². The molecule has 0 spiro atoms. The third-order valence-corrected chi connectivity index (χ3v) is 13.6. The zero-order chi connectivity index (χ0) is 28.3. The van der Waals surface area contributed by atoms with Gasteiger partial charge >= 0.3 is 0 Å². The summed E-state index contributed by atoms with van der Waals surface area (Å²) in [6.07, 6.45) is 9.36. The van der Waals surface area contributed by atoms with Crippen molar-refractivity contribution in [2.75, 3.05) is 0 Å². The first-order valence-electron chi connectivity index (χ1n) is 15.8. The summed E-state index contributed by atoms with van der Waals surface area (Å²) in [6, 6.07) is 0. The molecule has 3 heteroatoms. The van der Waals surface area contributed by atoms with E-state index in [4.69, 9.17) is 0 Å². The molecule has 214 valence electrons. The van der Waals surface area contributed by atoms with Crippen molar-refractivity contribution in [1.82, 2.24) is 0 Å². The molecule has 1 N–H and O–H groups in total. The Labute approximate surface area is 233 Å². The second-order valence-corrected chi connectivity index (χ2v) is 17.3. The molecule has 0 bridgehead atoms. The molecule has 0 aromatic carbocycles. The van der Waals surface area contributed by atoms with E-state index in [0.717, 1.165) is 37.7 Å². The number of allylic oxidation sites excluding steroid dienone is 2. The summed E-state index contributed by atoms with van der Waals surface area (Å²) in [4.78, 5) is 27.9. The van der Waals surface area contributed by atoms with Crippen LogP contribution in [0.15, 0.2) is 11.1 Å². The maximum atomic E-state index is 14.2. The lowest BCUT2D eigenvalue weighted by Gasteiger charge is -2.72.